The molecule has 3 aromatic carbocycles. The van der Waals surface area contributed by atoms with Gasteiger partial charge in [-0.2, -0.15) is 0 Å². The first-order valence-corrected chi connectivity index (χ1v) is 19.6. The number of methoxy groups -OCH3 is 2. The monoisotopic (exact) mass is 819 g/mol. The molecular weight excluding hydrogens is 775 g/mol. The van der Waals surface area contributed by atoms with E-state index in [4.69, 9.17) is 9.47 Å². The number of ether oxygens (including phenoxy) is 2. The van der Waals surface area contributed by atoms with Crippen LogP contribution in [0.2, 0.25) is 0 Å². The molecule has 4 unspecified atom stereocenters. The molecule has 1 aromatic heterocycles. The fourth-order valence-corrected chi connectivity index (χ4v) is 7.80. The molecule has 18 nitrogen and oxygen atoms in total. The summed E-state index contributed by atoms with van der Waals surface area (Å²) in [5, 5.41) is 13.0. The molecule has 7 rings (SSSR count). The number of imide groups is 1. The molecule has 4 heterocycles. The van der Waals surface area contributed by atoms with Crippen LogP contribution in [0.4, 0.5) is 20.1 Å². The molecule has 0 spiro atoms. The number of hydrogen-bond donors (Lipinski definition) is 5. The number of anilines is 1. The number of H-pyrrole nitrogens is 1. The number of hydrogen-bond acceptors (Lipinski definition) is 10. The highest BCUT2D eigenvalue weighted by Gasteiger charge is 2.44. The summed E-state index contributed by atoms with van der Waals surface area (Å²) in [6, 6.07) is 19.2. The number of imidazole rings is 1. The summed E-state index contributed by atoms with van der Waals surface area (Å²) >= 11 is 0. The first-order chi connectivity index (χ1) is 29.0. The van der Waals surface area contributed by atoms with Crippen LogP contribution < -0.4 is 21.3 Å². The molecule has 0 radical (unpaired) electrons. The number of rotatable bonds is 9. The van der Waals surface area contributed by atoms with E-state index >= 15 is 0 Å². The van der Waals surface area contributed by atoms with Crippen LogP contribution in [0.1, 0.15) is 62.0 Å². The van der Waals surface area contributed by atoms with Crippen LogP contribution >= 0.6 is 0 Å². The van der Waals surface area contributed by atoms with Gasteiger partial charge in [0.1, 0.15) is 30.0 Å². The van der Waals surface area contributed by atoms with E-state index in [1.54, 1.807) is 48.7 Å². The number of fused-ring (bicyclic) bond motifs is 1. The minimum Gasteiger partial charge on any atom is -0.453 e. The third-order valence-corrected chi connectivity index (χ3v) is 10.8. The first-order valence-electron chi connectivity index (χ1n) is 19.6. The van der Waals surface area contributed by atoms with Gasteiger partial charge in [0.25, 0.3) is 17.7 Å². The van der Waals surface area contributed by atoms with Crippen molar-refractivity contribution in [2.45, 2.75) is 62.7 Å². The Kier molecular flexibility index (Phi) is 12.4. The standard InChI is InChI=1S/C42H45N9O9/c1-59-41(57)46-30-20-21-34(52)50-23-7-10-32(51(50)38(30)54)36-43-24-31(45-36)27-14-12-25(13-15-27)26-16-18-29(19-17-26)44-40(56)48-37(53)33-11-6-22-49(33)39(55)35(47-42(58)60-2)28-8-4-3-5-9-28/h3-5,8-9,12-19,24,30,32-33,35H,6-7,10-11,20-23H2,1-2H3,(H,43,45)(H,46,57)(H,47,58)(H2,44,48,53,56). The maximum Gasteiger partial charge on any atom is 0.407 e. The second kappa shape index (κ2) is 18.1. The molecule has 8 amide bonds. The highest BCUT2D eigenvalue weighted by atomic mass is 16.5. The Labute approximate surface area is 344 Å². The number of hydrazine groups is 1. The average molecular weight is 820 g/mol. The maximum atomic E-state index is 13.7. The molecule has 18 heteroatoms. The van der Waals surface area contributed by atoms with Crippen molar-refractivity contribution in [2.75, 3.05) is 32.6 Å². The number of urea groups is 1. The number of benzene rings is 3. The van der Waals surface area contributed by atoms with Gasteiger partial charge in [0.2, 0.25) is 5.91 Å². The van der Waals surface area contributed by atoms with Gasteiger partial charge in [0.15, 0.2) is 0 Å². The van der Waals surface area contributed by atoms with Crippen molar-refractivity contribution in [3.63, 3.8) is 0 Å². The highest BCUT2D eigenvalue weighted by Crippen LogP contribution is 2.35. The summed E-state index contributed by atoms with van der Waals surface area (Å²) in [5.41, 5.74) is 4.28. The lowest BCUT2D eigenvalue weighted by Crippen LogP contribution is -2.57. The number of aromatic nitrogens is 2. The summed E-state index contributed by atoms with van der Waals surface area (Å²) in [5.74, 6) is -1.21. The Morgan fingerprint density at radius 1 is 0.800 bits per heavy atom. The van der Waals surface area contributed by atoms with E-state index in [0.29, 0.717) is 55.0 Å². The molecule has 0 bridgehead atoms. The van der Waals surface area contributed by atoms with Crippen LogP contribution in [0.15, 0.2) is 85.1 Å². The van der Waals surface area contributed by atoms with Crippen molar-refractivity contribution in [2.24, 2.45) is 0 Å². The largest absolute Gasteiger partial charge is 0.453 e. The molecule has 5 N–H and O–H groups in total. The molecule has 4 aromatic rings. The number of carbonyl (C=O) groups is 7. The van der Waals surface area contributed by atoms with Gasteiger partial charge in [0, 0.05) is 25.2 Å². The summed E-state index contributed by atoms with van der Waals surface area (Å²) in [6.07, 6.45) is 2.55. The SMILES string of the molecule is COC(=O)NC1CCC(=O)N2CCCC(c3ncc(-c4ccc(-c5ccc(NC(=O)NC(=O)C6CCCN6C(=O)C(NC(=O)OC)c6ccccc6)cc5)cc4)[nH]3)N2C1=O. The van der Waals surface area contributed by atoms with E-state index in [9.17, 15) is 33.6 Å². The first kappa shape index (κ1) is 40.9. The highest BCUT2D eigenvalue weighted by molar-refractivity contribution is 6.04. The van der Waals surface area contributed by atoms with Gasteiger partial charge in [-0.1, -0.05) is 66.7 Å². The summed E-state index contributed by atoms with van der Waals surface area (Å²) < 4.78 is 9.42. The number of nitrogens with one attached hydrogen (secondary N) is 5. The Balaban J connectivity index is 0.961. The van der Waals surface area contributed by atoms with Crippen molar-refractivity contribution < 1.29 is 43.0 Å². The molecule has 4 atom stereocenters. The molecule has 312 valence electrons. The lowest BCUT2D eigenvalue weighted by atomic mass is 10.0. The minimum atomic E-state index is -1.08. The van der Waals surface area contributed by atoms with E-state index < -0.39 is 60.1 Å². The Hall–Kier alpha value is -7.24. The van der Waals surface area contributed by atoms with Crippen LogP contribution in [0, 0.1) is 0 Å². The molecule has 3 saturated heterocycles. The Morgan fingerprint density at radius 3 is 2.17 bits per heavy atom. The molecule has 3 aliphatic rings. The second-order valence-corrected chi connectivity index (χ2v) is 14.5. The summed E-state index contributed by atoms with van der Waals surface area (Å²) in [6.45, 7) is 0.669. The Bertz CT molecular complexity index is 2250. The van der Waals surface area contributed by atoms with Gasteiger partial charge in [-0.25, -0.2) is 24.4 Å². The third kappa shape index (κ3) is 8.91. The number of nitrogens with zero attached hydrogens (tertiary/aromatic N) is 4. The maximum absolute atomic E-state index is 13.7. The molecular formula is C42H45N9O9. The van der Waals surface area contributed by atoms with Gasteiger partial charge in [-0.05, 0) is 66.5 Å². The number of carbonyl (C=O) groups excluding carboxylic acids is 7. The van der Waals surface area contributed by atoms with Gasteiger partial charge in [0.05, 0.1) is 26.1 Å². The minimum absolute atomic E-state index is 0.107. The van der Waals surface area contributed by atoms with Crippen LogP contribution in [0.25, 0.3) is 22.4 Å². The number of alkyl carbamates (subject to hydrolysis) is 2. The van der Waals surface area contributed by atoms with Crippen LogP contribution in [-0.4, -0.2) is 106 Å². The molecule has 0 aliphatic carbocycles. The molecule has 3 aliphatic heterocycles. The van der Waals surface area contributed by atoms with Crippen molar-refractivity contribution >= 4 is 47.5 Å². The van der Waals surface area contributed by atoms with E-state index in [1.807, 2.05) is 36.4 Å². The fraction of sp³-hybridized carbons (Fsp3) is 0.333. The predicted molar refractivity (Wildman–Crippen MR) is 215 cm³/mol. The van der Waals surface area contributed by atoms with E-state index in [-0.39, 0.29) is 25.3 Å². The third-order valence-electron chi connectivity index (χ3n) is 10.8. The molecule has 60 heavy (non-hydrogen) atoms. The topological polar surface area (TPSA) is 224 Å². The van der Waals surface area contributed by atoms with Crippen molar-refractivity contribution in [3.05, 3.63) is 96.4 Å². The zero-order valence-corrected chi connectivity index (χ0v) is 33.0. The van der Waals surface area contributed by atoms with Crippen molar-refractivity contribution in [1.29, 1.82) is 0 Å². The lowest BCUT2D eigenvalue weighted by Gasteiger charge is -2.42. The average Bonchev–Trinajstić information content (AvgIpc) is 3.96. The normalized spacial score (nSPS) is 19.4. The Morgan fingerprint density at radius 2 is 1.47 bits per heavy atom. The summed E-state index contributed by atoms with van der Waals surface area (Å²) in [7, 11) is 2.41. The van der Waals surface area contributed by atoms with Gasteiger partial charge in [-0.15, -0.1) is 0 Å². The zero-order valence-electron chi connectivity index (χ0n) is 33.0. The van der Waals surface area contributed by atoms with Gasteiger partial charge in [-0.3, -0.25) is 29.5 Å². The quantitative estimate of drug-likeness (QED) is 0.160. The van der Waals surface area contributed by atoms with Gasteiger partial charge < -0.3 is 35.3 Å². The zero-order chi connectivity index (χ0) is 42.3. The van der Waals surface area contributed by atoms with Crippen molar-refractivity contribution in [3.8, 4) is 22.4 Å². The van der Waals surface area contributed by atoms with E-state index in [1.165, 1.54) is 29.1 Å². The van der Waals surface area contributed by atoms with Crippen LogP contribution in [0.5, 0.6) is 0 Å². The lowest BCUT2D eigenvalue weighted by molar-refractivity contribution is -0.174. The van der Waals surface area contributed by atoms with Crippen LogP contribution in [0.3, 0.4) is 0 Å². The molecule has 3 fully saturated rings. The number of likely N-dealkylation sites (tertiary alicyclic amines) is 1. The van der Waals surface area contributed by atoms with E-state index in [2.05, 4.69) is 31.2 Å². The summed E-state index contributed by atoms with van der Waals surface area (Å²) in [4.78, 5) is 99.8. The molecule has 0 saturated carbocycles. The predicted octanol–water partition coefficient (Wildman–Crippen LogP) is 4.41. The second-order valence-electron chi connectivity index (χ2n) is 14.5. The van der Waals surface area contributed by atoms with E-state index in [0.717, 1.165) is 16.7 Å². The smallest absolute Gasteiger partial charge is 0.407 e. The number of amides is 8. The fourth-order valence-electron chi connectivity index (χ4n) is 7.80. The van der Waals surface area contributed by atoms with Crippen molar-refractivity contribution in [1.82, 2.24) is 40.8 Å². The number of aromatic amines is 1. The van der Waals surface area contributed by atoms with Gasteiger partial charge >= 0.3 is 18.2 Å². The van der Waals surface area contributed by atoms with Crippen LogP contribution in [-0.2, 0) is 28.7 Å².